The summed E-state index contributed by atoms with van der Waals surface area (Å²) in [5.74, 6) is -2.57. The fraction of sp³-hybridized carbons (Fsp3) is 0.636. The van der Waals surface area contributed by atoms with Crippen LogP contribution in [0.3, 0.4) is 0 Å². The number of fused-ring (bicyclic) bond motifs is 2. The summed E-state index contributed by atoms with van der Waals surface area (Å²) in [6.07, 6.45) is 2.66. The van der Waals surface area contributed by atoms with Crippen LogP contribution >= 0.6 is 0 Å². The molecule has 1 saturated heterocycles. The predicted molar refractivity (Wildman–Crippen MR) is 55.7 cm³/mol. The Balaban J connectivity index is 2.16. The average molecular weight is 225 g/mol. The van der Waals surface area contributed by atoms with E-state index in [-0.39, 0.29) is 18.1 Å². The molecule has 0 aromatic carbocycles. The van der Waals surface area contributed by atoms with Gasteiger partial charge in [0, 0.05) is 6.04 Å². The summed E-state index contributed by atoms with van der Waals surface area (Å²) in [4.78, 5) is 23.0. The zero-order valence-electron chi connectivity index (χ0n) is 9.21. The van der Waals surface area contributed by atoms with E-state index in [4.69, 9.17) is 9.84 Å². The quantitative estimate of drug-likeness (QED) is 0.671. The van der Waals surface area contributed by atoms with E-state index in [0.29, 0.717) is 0 Å². The standard InChI is InChI=1S/C11H15NO4/c1-5(2)12-10(13)8-6-3-4-7(16-6)9(8)11(14)15/h3-9H,1-2H3,(H,12,13)(H,14,15)/t6-,7-,8+,9-/m0/s1. The number of amides is 1. The average Bonchev–Trinajstić information content (AvgIpc) is 2.74. The van der Waals surface area contributed by atoms with E-state index in [1.807, 2.05) is 13.8 Å². The Hall–Kier alpha value is -1.36. The van der Waals surface area contributed by atoms with Crippen molar-refractivity contribution in [2.75, 3.05) is 0 Å². The van der Waals surface area contributed by atoms with Crippen LogP contribution in [0.15, 0.2) is 12.2 Å². The van der Waals surface area contributed by atoms with Crippen LogP contribution in [0.2, 0.25) is 0 Å². The van der Waals surface area contributed by atoms with E-state index in [0.717, 1.165) is 0 Å². The lowest BCUT2D eigenvalue weighted by Gasteiger charge is -2.22. The van der Waals surface area contributed by atoms with Crippen LogP contribution in [-0.4, -0.2) is 35.2 Å². The van der Waals surface area contributed by atoms with Gasteiger partial charge in [0.05, 0.1) is 18.1 Å². The minimum absolute atomic E-state index is 0.00468. The van der Waals surface area contributed by atoms with E-state index in [2.05, 4.69) is 5.32 Å². The maximum absolute atomic E-state index is 11.9. The zero-order chi connectivity index (χ0) is 11.9. The maximum atomic E-state index is 11.9. The van der Waals surface area contributed by atoms with Gasteiger partial charge in [-0.2, -0.15) is 0 Å². The molecule has 0 aliphatic carbocycles. The highest BCUT2D eigenvalue weighted by Crippen LogP contribution is 2.39. The van der Waals surface area contributed by atoms with Crippen LogP contribution in [0, 0.1) is 11.8 Å². The summed E-state index contributed by atoms with van der Waals surface area (Å²) in [7, 11) is 0. The third kappa shape index (κ3) is 1.71. The van der Waals surface area contributed by atoms with Crippen molar-refractivity contribution >= 4 is 11.9 Å². The molecule has 0 spiro atoms. The topological polar surface area (TPSA) is 75.6 Å². The lowest BCUT2D eigenvalue weighted by molar-refractivity contribution is -0.146. The number of hydrogen-bond acceptors (Lipinski definition) is 3. The molecule has 16 heavy (non-hydrogen) atoms. The molecular weight excluding hydrogens is 210 g/mol. The van der Waals surface area contributed by atoms with Crippen LogP contribution in [0.5, 0.6) is 0 Å². The van der Waals surface area contributed by atoms with Gasteiger partial charge in [-0.15, -0.1) is 0 Å². The van der Waals surface area contributed by atoms with Gasteiger partial charge in [0.15, 0.2) is 0 Å². The number of rotatable bonds is 3. The highest BCUT2D eigenvalue weighted by atomic mass is 16.5. The van der Waals surface area contributed by atoms with Crippen molar-refractivity contribution in [3.05, 3.63) is 12.2 Å². The Morgan fingerprint density at radius 1 is 1.25 bits per heavy atom. The molecule has 0 aromatic heterocycles. The van der Waals surface area contributed by atoms with Crippen molar-refractivity contribution in [3.8, 4) is 0 Å². The number of aliphatic carboxylic acids is 1. The largest absolute Gasteiger partial charge is 0.481 e. The lowest BCUT2D eigenvalue weighted by atomic mass is 9.82. The first-order valence-corrected chi connectivity index (χ1v) is 5.37. The van der Waals surface area contributed by atoms with Crippen molar-refractivity contribution in [1.82, 2.24) is 5.32 Å². The number of carboxylic acid groups (broad SMARTS) is 1. The van der Waals surface area contributed by atoms with Gasteiger partial charge in [-0.1, -0.05) is 12.2 Å². The molecule has 1 fully saturated rings. The molecule has 0 aromatic rings. The van der Waals surface area contributed by atoms with Gasteiger partial charge < -0.3 is 15.2 Å². The normalized spacial score (nSPS) is 35.7. The fourth-order valence-corrected chi connectivity index (χ4v) is 2.30. The number of hydrogen-bond donors (Lipinski definition) is 2. The third-order valence-corrected chi connectivity index (χ3v) is 2.92. The molecule has 2 heterocycles. The van der Waals surface area contributed by atoms with Crippen LogP contribution in [-0.2, 0) is 14.3 Å². The van der Waals surface area contributed by atoms with Crippen LogP contribution < -0.4 is 5.32 Å². The Labute approximate surface area is 93.5 Å². The molecule has 1 amide bonds. The fourth-order valence-electron chi connectivity index (χ4n) is 2.30. The molecule has 0 unspecified atom stereocenters. The van der Waals surface area contributed by atoms with Gasteiger partial charge in [-0.25, -0.2) is 0 Å². The van der Waals surface area contributed by atoms with E-state index in [9.17, 15) is 9.59 Å². The first-order chi connectivity index (χ1) is 7.50. The molecule has 0 saturated carbocycles. The predicted octanol–water partition coefficient (Wildman–Crippen LogP) is 0.165. The number of carbonyl (C=O) groups excluding carboxylic acids is 1. The van der Waals surface area contributed by atoms with Gasteiger partial charge in [0.1, 0.15) is 5.92 Å². The highest BCUT2D eigenvalue weighted by molar-refractivity contribution is 5.87. The van der Waals surface area contributed by atoms with Crippen molar-refractivity contribution in [3.63, 3.8) is 0 Å². The smallest absolute Gasteiger partial charge is 0.310 e. The third-order valence-electron chi connectivity index (χ3n) is 2.92. The minimum atomic E-state index is -0.972. The lowest BCUT2D eigenvalue weighted by Crippen LogP contribution is -2.44. The molecule has 2 aliphatic rings. The summed E-state index contributed by atoms with van der Waals surface area (Å²) >= 11 is 0. The van der Waals surface area contributed by atoms with Crippen molar-refractivity contribution in [2.45, 2.75) is 32.1 Å². The summed E-state index contributed by atoms with van der Waals surface area (Å²) in [6.45, 7) is 3.69. The van der Waals surface area contributed by atoms with Crippen molar-refractivity contribution in [1.29, 1.82) is 0 Å². The second-order valence-electron chi connectivity index (χ2n) is 4.50. The molecule has 2 rings (SSSR count). The van der Waals surface area contributed by atoms with Crippen molar-refractivity contribution in [2.24, 2.45) is 11.8 Å². The highest BCUT2D eigenvalue weighted by Gasteiger charge is 2.53. The van der Waals surface area contributed by atoms with Gasteiger partial charge in [0.25, 0.3) is 0 Å². The Bertz CT molecular complexity index is 350. The van der Waals surface area contributed by atoms with Crippen molar-refractivity contribution < 1.29 is 19.4 Å². The molecule has 2 aliphatic heterocycles. The van der Waals surface area contributed by atoms with Gasteiger partial charge >= 0.3 is 5.97 Å². The first-order valence-electron chi connectivity index (χ1n) is 5.37. The molecule has 0 radical (unpaired) electrons. The summed E-state index contributed by atoms with van der Waals surface area (Å²) in [6, 6.07) is 0.00468. The molecule has 5 heteroatoms. The van der Waals surface area contributed by atoms with Crippen LogP contribution in [0.4, 0.5) is 0 Å². The SMILES string of the molecule is CC(C)NC(=O)[C@H]1[C@@H](C(=O)O)[C@@H]2C=C[C@@H]1O2. The zero-order valence-corrected chi connectivity index (χ0v) is 9.21. The van der Waals surface area contributed by atoms with Gasteiger partial charge in [-0.3, -0.25) is 9.59 Å². The molecule has 5 nitrogen and oxygen atoms in total. The molecule has 2 N–H and O–H groups in total. The summed E-state index contributed by atoms with van der Waals surface area (Å²) < 4.78 is 5.41. The minimum Gasteiger partial charge on any atom is -0.481 e. The van der Waals surface area contributed by atoms with E-state index in [1.54, 1.807) is 12.2 Å². The Kier molecular flexibility index (Phi) is 2.71. The van der Waals surface area contributed by atoms with Gasteiger partial charge in [-0.05, 0) is 13.8 Å². The second kappa shape index (κ2) is 3.90. The maximum Gasteiger partial charge on any atom is 0.310 e. The number of carboxylic acids is 1. The summed E-state index contributed by atoms with van der Waals surface area (Å²) in [5, 5.41) is 11.8. The summed E-state index contributed by atoms with van der Waals surface area (Å²) in [5.41, 5.74) is 0. The van der Waals surface area contributed by atoms with E-state index < -0.39 is 23.9 Å². The number of nitrogens with one attached hydrogen (secondary N) is 1. The van der Waals surface area contributed by atoms with Crippen LogP contribution in [0.25, 0.3) is 0 Å². The number of carbonyl (C=O) groups is 2. The molecular formula is C11H15NO4. The number of ether oxygens (including phenoxy) is 1. The van der Waals surface area contributed by atoms with E-state index in [1.165, 1.54) is 0 Å². The first kappa shape index (κ1) is 11.1. The second-order valence-corrected chi connectivity index (χ2v) is 4.50. The monoisotopic (exact) mass is 225 g/mol. The Morgan fingerprint density at radius 3 is 2.31 bits per heavy atom. The molecule has 2 bridgehead atoms. The van der Waals surface area contributed by atoms with E-state index >= 15 is 0 Å². The molecule has 88 valence electrons. The van der Waals surface area contributed by atoms with Crippen LogP contribution in [0.1, 0.15) is 13.8 Å². The Morgan fingerprint density at radius 2 is 1.81 bits per heavy atom. The van der Waals surface area contributed by atoms with Gasteiger partial charge in [0.2, 0.25) is 5.91 Å². The molecule has 4 atom stereocenters.